The first-order valence-corrected chi connectivity index (χ1v) is 5.50. The van der Waals surface area contributed by atoms with Crippen molar-refractivity contribution in [1.29, 1.82) is 0 Å². The van der Waals surface area contributed by atoms with E-state index >= 15 is 0 Å². The average Bonchev–Trinajstić information content (AvgIpc) is 2.33. The fourth-order valence-corrected chi connectivity index (χ4v) is 1.34. The molecule has 0 saturated carbocycles. The highest BCUT2D eigenvalue weighted by atomic mass is 19.1. The molecule has 2 N–H and O–H groups in total. The molecule has 0 bridgehead atoms. The third kappa shape index (κ3) is 4.37. The molecule has 1 aromatic carbocycles. The molecule has 1 aromatic rings. The van der Waals surface area contributed by atoms with Crippen LogP contribution >= 0.6 is 0 Å². The van der Waals surface area contributed by atoms with Gasteiger partial charge < -0.3 is 10.4 Å². The number of aliphatic carboxylic acids is 1. The number of carboxylic acid groups (broad SMARTS) is 1. The van der Waals surface area contributed by atoms with E-state index in [4.69, 9.17) is 5.11 Å². The van der Waals surface area contributed by atoms with Crippen LogP contribution < -0.4 is 5.32 Å². The van der Waals surface area contributed by atoms with E-state index in [2.05, 4.69) is 5.32 Å². The van der Waals surface area contributed by atoms with E-state index in [0.717, 1.165) is 0 Å². The number of rotatable bonds is 5. The summed E-state index contributed by atoms with van der Waals surface area (Å²) in [5.41, 5.74) is 0.536. The summed E-state index contributed by atoms with van der Waals surface area (Å²) in [6, 6.07) is 4.84. The number of carboxylic acids is 1. The largest absolute Gasteiger partial charge is 0.480 e. The zero-order valence-corrected chi connectivity index (χ0v) is 9.89. The maximum atomic E-state index is 12.8. The van der Waals surface area contributed by atoms with Crippen molar-refractivity contribution in [2.24, 2.45) is 0 Å². The van der Waals surface area contributed by atoms with E-state index in [0.29, 0.717) is 12.0 Å². The minimum absolute atomic E-state index is 0.300. The molecule has 5 heteroatoms. The number of amides is 1. The minimum atomic E-state index is -1.08. The second kappa shape index (κ2) is 6.54. The van der Waals surface area contributed by atoms with Crippen LogP contribution in [0.5, 0.6) is 0 Å². The van der Waals surface area contributed by atoms with E-state index in [1.54, 1.807) is 13.0 Å². The molecule has 0 aromatic heterocycles. The summed E-state index contributed by atoms with van der Waals surface area (Å²) in [7, 11) is 0. The van der Waals surface area contributed by atoms with E-state index in [-0.39, 0.29) is 0 Å². The molecule has 0 spiro atoms. The minimum Gasteiger partial charge on any atom is -0.480 e. The lowest BCUT2D eigenvalue weighted by molar-refractivity contribution is -0.141. The van der Waals surface area contributed by atoms with Gasteiger partial charge in [0.2, 0.25) is 5.91 Å². The Morgan fingerprint density at radius 3 is 2.78 bits per heavy atom. The maximum Gasteiger partial charge on any atom is 0.326 e. The van der Waals surface area contributed by atoms with E-state index in [9.17, 15) is 14.0 Å². The Labute approximate surface area is 104 Å². The highest BCUT2D eigenvalue weighted by Crippen LogP contribution is 2.05. The van der Waals surface area contributed by atoms with Gasteiger partial charge in [-0.3, -0.25) is 4.79 Å². The van der Waals surface area contributed by atoms with Gasteiger partial charge in [-0.25, -0.2) is 9.18 Å². The molecule has 1 amide bonds. The van der Waals surface area contributed by atoms with Crippen LogP contribution in [0.3, 0.4) is 0 Å². The number of hydrogen-bond acceptors (Lipinski definition) is 2. The Balaban J connectivity index is 2.62. The van der Waals surface area contributed by atoms with Gasteiger partial charge in [0.1, 0.15) is 11.9 Å². The van der Waals surface area contributed by atoms with Gasteiger partial charge in [0.25, 0.3) is 0 Å². The predicted octanol–water partition coefficient (Wildman–Crippen LogP) is 1.82. The van der Waals surface area contributed by atoms with Crippen molar-refractivity contribution in [3.8, 4) is 0 Å². The monoisotopic (exact) mass is 251 g/mol. The Bertz CT molecular complexity index is 471. The van der Waals surface area contributed by atoms with Crippen LogP contribution in [-0.2, 0) is 9.59 Å². The van der Waals surface area contributed by atoms with Crippen LogP contribution in [0.4, 0.5) is 4.39 Å². The summed E-state index contributed by atoms with van der Waals surface area (Å²) in [6.45, 7) is 1.66. The molecule has 0 fully saturated rings. The molecule has 0 aliphatic rings. The number of benzene rings is 1. The second-order valence-corrected chi connectivity index (χ2v) is 3.70. The highest BCUT2D eigenvalue weighted by molar-refractivity contribution is 5.94. The van der Waals surface area contributed by atoms with Crippen molar-refractivity contribution in [2.45, 2.75) is 19.4 Å². The molecule has 1 atom stereocenters. The summed E-state index contributed by atoms with van der Waals surface area (Å²) < 4.78 is 12.8. The molecule has 4 nitrogen and oxygen atoms in total. The van der Waals surface area contributed by atoms with Crippen molar-refractivity contribution in [2.75, 3.05) is 0 Å². The highest BCUT2D eigenvalue weighted by Gasteiger charge is 2.15. The van der Waals surface area contributed by atoms with E-state index in [1.165, 1.54) is 30.4 Å². The molecule has 0 saturated heterocycles. The predicted molar refractivity (Wildman–Crippen MR) is 65.3 cm³/mol. The molecular formula is C13H14FNO3. The van der Waals surface area contributed by atoms with Gasteiger partial charge in [0, 0.05) is 6.08 Å². The summed E-state index contributed by atoms with van der Waals surface area (Å²) in [5, 5.41) is 11.1. The number of carbonyl (C=O) groups excluding carboxylic acids is 1. The summed E-state index contributed by atoms with van der Waals surface area (Å²) in [5.74, 6) is -1.99. The normalized spacial score (nSPS) is 12.3. The van der Waals surface area contributed by atoms with Crippen LogP contribution in [0, 0.1) is 5.82 Å². The maximum absolute atomic E-state index is 12.8. The Kier molecular flexibility index (Phi) is 5.05. The van der Waals surface area contributed by atoms with Gasteiger partial charge in [-0.15, -0.1) is 0 Å². The fraction of sp³-hybridized carbons (Fsp3) is 0.231. The van der Waals surface area contributed by atoms with Gasteiger partial charge in [0.15, 0.2) is 0 Å². The van der Waals surface area contributed by atoms with Gasteiger partial charge in [-0.2, -0.15) is 0 Å². The molecule has 0 radical (unpaired) electrons. The molecular weight excluding hydrogens is 237 g/mol. The van der Waals surface area contributed by atoms with Crippen LogP contribution in [0.2, 0.25) is 0 Å². The Morgan fingerprint density at radius 1 is 1.50 bits per heavy atom. The van der Waals surface area contributed by atoms with Crippen LogP contribution in [0.1, 0.15) is 18.9 Å². The first-order chi connectivity index (χ1) is 8.52. The molecule has 96 valence electrons. The van der Waals surface area contributed by atoms with Crippen LogP contribution in [0.25, 0.3) is 6.08 Å². The molecule has 0 unspecified atom stereocenters. The topological polar surface area (TPSA) is 66.4 Å². The number of nitrogens with one attached hydrogen (secondary N) is 1. The summed E-state index contributed by atoms with van der Waals surface area (Å²) in [4.78, 5) is 22.1. The molecule has 1 rings (SSSR count). The zero-order valence-electron chi connectivity index (χ0n) is 9.89. The van der Waals surface area contributed by atoms with Crippen molar-refractivity contribution in [1.82, 2.24) is 5.32 Å². The Hall–Kier alpha value is -2.17. The Morgan fingerprint density at radius 2 is 2.22 bits per heavy atom. The number of carbonyl (C=O) groups is 2. The third-order valence-electron chi connectivity index (χ3n) is 2.30. The quantitative estimate of drug-likeness (QED) is 0.784. The van der Waals surface area contributed by atoms with E-state index < -0.39 is 23.7 Å². The molecule has 0 aliphatic carbocycles. The van der Waals surface area contributed by atoms with Gasteiger partial charge >= 0.3 is 5.97 Å². The van der Waals surface area contributed by atoms with Crippen LogP contribution in [0.15, 0.2) is 30.3 Å². The summed E-state index contributed by atoms with van der Waals surface area (Å²) >= 11 is 0. The molecule has 0 aliphatic heterocycles. The van der Waals surface area contributed by atoms with Gasteiger partial charge in [-0.05, 0) is 30.2 Å². The summed E-state index contributed by atoms with van der Waals surface area (Å²) in [6.07, 6.45) is 2.90. The lowest BCUT2D eigenvalue weighted by atomic mass is 10.2. The van der Waals surface area contributed by atoms with Gasteiger partial charge in [0.05, 0.1) is 0 Å². The van der Waals surface area contributed by atoms with Crippen LogP contribution in [-0.4, -0.2) is 23.0 Å². The number of hydrogen-bond donors (Lipinski definition) is 2. The lowest BCUT2D eigenvalue weighted by Crippen LogP contribution is -2.39. The lowest BCUT2D eigenvalue weighted by Gasteiger charge is -2.09. The average molecular weight is 251 g/mol. The second-order valence-electron chi connectivity index (χ2n) is 3.70. The number of halogens is 1. The first kappa shape index (κ1) is 13.9. The van der Waals surface area contributed by atoms with Gasteiger partial charge in [-0.1, -0.05) is 19.1 Å². The zero-order chi connectivity index (χ0) is 13.5. The smallest absolute Gasteiger partial charge is 0.326 e. The first-order valence-electron chi connectivity index (χ1n) is 5.50. The SMILES string of the molecule is CC[C@H](NC(=O)/C=C/c1cccc(F)c1)C(=O)O. The van der Waals surface area contributed by atoms with Crippen molar-refractivity contribution in [3.63, 3.8) is 0 Å². The van der Waals surface area contributed by atoms with Crippen molar-refractivity contribution in [3.05, 3.63) is 41.7 Å². The molecule has 18 heavy (non-hydrogen) atoms. The fourth-order valence-electron chi connectivity index (χ4n) is 1.34. The standard InChI is InChI=1S/C13H14FNO3/c1-2-11(13(17)18)15-12(16)7-6-9-4-3-5-10(14)8-9/h3-8,11H,2H2,1H3,(H,15,16)(H,17,18)/b7-6+/t11-/m0/s1. The van der Waals surface area contributed by atoms with Crippen molar-refractivity contribution < 1.29 is 19.1 Å². The van der Waals surface area contributed by atoms with E-state index in [1.807, 2.05) is 0 Å². The third-order valence-corrected chi connectivity index (χ3v) is 2.30. The molecule has 0 heterocycles. The van der Waals surface area contributed by atoms with Crippen molar-refractivity contribution >= 4 is 18.0 Å².